The molecule has 158 valence electrons. The lowest BCUT2D eigenvalue weighted by atomic mass is 10.1. The molecule has 9 heteroatoms. The van der Waals surface area contributed by atoms with Crippen molar-refractivity contribution >= 4 is 29.0 Å². The summed E-state index contributed by atoms with van der Waals surface area (Å²) in [4.78, 5) is 23.0. The molecule has 2 unspecified atom stereocenters. The number of benzene rings is 2. The molecule has 1 N–H and O–H groups in total. The van der Waals surface area contributed by atoms with E-state index in [1.807, 2.05) is 22.8 Å². The normalized spacial score (nSPS) is 17.2. The van der Waals surface area contributed by atoms with E-state index in [2.05, 4.69) is 34.2 Å². The Balaban J connectivity index is 1.43. The highest BCUT2D eigenvalue weighted by molar-refractivity contribution is 7.99. The molecule has 4 rings (SSSR count). The van der Waals surface area contributed by atoms with Gasteiger partial charge < -0.3 is 9.88 Å². The number of para-hydroxylation sites is 2. The minimum Gasteiger partial charge on any atom is -0.320 e. The highest BCUT2D eigenvalue weighted by Crippen LogP contribution is 2.54. The minimum absolute atomic E-state index is 0.0636. The predicted molar refractivity (Wildman–Crippen MR) is 119 cm³/mol. The molecule has 1 fully saturated rings. The number of nitrogens with zero attached hydrogens (tertiary/aromatic N) is 4. The van der Waals surface area contributed by atoms with Crippen molar-refractivity contribution in [2.24, 2.45) is 0 Å². The SMILES string of the molecule is C=CCn1c(SCC(=O)Nc2ccccc2[N+](=O)[O-])nnc1C1CC1c1ccccc1. The Bertz CT molecular complexity index is 1120. The van der Waals surface area contributed by atoms with Crippen molar-refractivity contribution in [2.45, 2.75) is 30.0 Å². The van der Waals surface area contributed by atoms with Crippen LogP contribution < -0.4 is 5.32 Å². The van der Waals surface area contributed by atoms with Gasteiger partial charge in [0.15, 0.2) is 5.16 Å². The van der Waals surface area contributed by atoms with Crippen molar-refractivity contribution in [1.82, 2.24) is 14.8 Å². The van der Waals surface area contributed by atoms with Gasteiger partial charge in [0.1, 0.15) is 11.5 Å². The van der Waals surface area contributed by atoms with Gasteiger partial charge in [-0.1, -0.05) is 60.3 Å². The maximum atomic E-state index is 12.4. The van der Waals surface area contributed by atoms with Crippen molar-refractivity contribution in [2.75, 3.05) is 11.1 Å². The predicted octanol–water partition coefficient (Wildman–Crippen LogP) is 4.37. The van der Waals surface area contributed by atoms with Crippen LogP contribution >= 0.6 is 11.8 Å². The first-order valence-corrected chi connectivity index (χ1v) is 10.8. The zero-order chi connectivity index (χ0) is 21.8. The zero-order valence-corrected chi connectivity index (χ0v) is 17.5. The van der Waals surface area contributed by atoms with Crippen LogP contribution in [0.25, 0.3) is 0 Å². The highest BCUT2D eigenvalue weighted by Gasteiger charge is 2.43. The molecule has 3 aromatic rings. The van der Waals surface area contributed by atoms with E-state index in [4.69, 9.17) is 0 Å². The maximum Gasteiger partial charge on any atom is 0.292 e. The average Bonchev–Trinajstić information content (AvgIpc) is 3.47. The van der Waals surface area contributed by atoms with E-state index < -0.39 is 4.92 Å². The second-order valence-electron chi connectivity index (χ2n) is 7.21. The summed E-state index contributed by atoms with van der Waals surface area (Å²) in [5.41, 5.74) is 1.33. The van der Waals surface area contributed by atoms with E-state index in [0.717, 1.165) is 12.2 Å². The Kier molecular flexibility index (Phi) is 6.13. The summed E-state index contributed by atoms with van der Waals surface area (Å²) in [5, 5.41) is 23.0. The van der Waals surface area contributed by atoms with Gasteiger partial charge in [0.05, 0.1) is 10.7 Å². The van der Waals surface area contributed by atoms with Gasteiger partial charge in [-0.05, 0) is 24.0 Å². The van der Waals surface area contributed by atoms with Gasteiger partial charge in [0.25, 0.3) is 5.69 Å². The van der Waals surface area contributed by atoms with Crippen molar-refractivity contribution in [3.8, 4) is 0 Å². The van der Waals surface area contributed by atoms with E-state index in [0.29, 0.717) is 23.5 Å². The van der Waals surface area contributed by atoms with E-state index in [9.17, 15) is 14.9 Å². The molecular formula is C22H21N5O3S. The molecule has 0 bridgehead atoms. The summed E-state index contributed by atoms with van der Waals surface area (Å²) in [6.07, 6.45) is 2.80. The number of aromatic nitrogens is 3. The Morgan fingerprint density at radius 2 is 1.94 bits per heavy atom. The standard InChI is InChI=1S/C22H21N5O3S/c1-2-12-26-21(17-13-16(17)15-8-4-3-5-9-15)24-25-22(26)31-14-20(28)23-18-10-6-7-11-19(18)27(29)30/h2-11,16-17H,1,12-14H2,(H,23,28). The van der Waals surface area contributed by atoms with Crippen molar-refractivity contribution in [1.29, 1.82) is 0 Å². The lowest BCUT2D eigenvalue weighted by Gasteiger charge is -2.08. The summed E-state index contributed by atoms with van der Waals surface area (Å²) in [6, 6.07) is 16.4. The number of hydrogen-bond donors (Lipinski definition) is 1. The number of hydrogen-bond acceptors (Lipinski definition) is 6. The smallest absolute Gasteiger partial charge is 0.292 e. The van der Waals surface area contributed by atoms with E-state index in [1.54, 1.807) is 18.2 Å². The second kappa shape index (κ2) is 9.13. The van der Waals surface area contributed by atoms with Crippen LogP contribution in [0.2, 0.25) is 0 Å². The largest absolute Gasteiger partial charge is 0.320 e. The molecule has 0 aliphatic heterocycles. The first kappa shape index (κ1) is 20.8. The second-order valence-corrected chi connectivity index (χ2v) is 8.15. The summed E-state index contributed by atoms with van der Waals surface area (Å²) in [7, 11) is 0. The summed E-state index contributed by atoms with van der Waals surface area (Å²) >= 11 is 1.25. The third-order valence-corrected chi connectivity index (χ3v) is 6.08. The maximum absolute atomic E-state index is 12.4. The van der Waals surface area contributed by atoms with Crippen LogP contribution in [0.15, 0.2) is 72.4 Å². The number of carbonyl (C=O) groups excluding carboxylic acids is 1. The molecule has 0 saturated heterocycles. The van der Waals surface area contributed by atoms with E-state index in [-0.39, 0.29) is 23.0 Å². The summed E-state index contributed by atoms with van der Waals surface area (Å²) in [6.45, 7) is 4.37. The van der Waals surface area contributed by atoms with Gasteiger partial charge in [-0.25, -0.2) is 0 Å². The molecule has 1 aliphatic carbocycles. The fraction of sp³-hybridized carbons (Fsp3) is 0.227. The van der Waals surface area contributed by atoms with Gasteiger partial charge >= 0.3 is 0 Å². The van der Waals surface area contributed by atoms with Crippen molar-refractivity contribution in [3.05, 3.63) is 88.8 Å². The number of carbonyl (C=O) groups is 1. The topological polar surface area (TPSA) is 103 Å². The number of thioether (sulfide) groups is 1. The van der Waals surface area contributed by atoms with Crippen LogP contribution in [-0.2, 0) is 11.3 Å². The Labute approximate surface area is 183 Å². The molecule has 1 aromatic heterocycles. The van der Waals surface area contributed by atoms with Crippen LogP contribution in [0, 0.1) is 10.1 Å². The molecule has 1 saturated carbocycles. The lowest BCUT2D eigenvalue weighted by molar-refractivity contribution is -0.383. The van der Waals surface area contributed by atoms with Gasteiger partial charge in [0, 0.05) is 18.5 Å². The molecule has 0 spiro atoms. The lowest BCUT2D eigenvalue weighted by Crippen LogP contribution is -2.15. The fourth-order valence-electron chi connectivity index (χ4n) is 3.59. The quantitative estimate of drug-likeness (QED) is 0.232. The van der Waals surface area contributed by atoms with Crippen LogP contribution in [-0.4, -0.2) is 31.3 Å². The summed E-state index contributed by atoms with van der Waals surface area (Å²) < 4.78 is 1.99. The van der Waals surface area contributed by atoms with Gasteiger partial charge in [0.2, 0.25) is 5.91 Å². The number of nitrogens with one attached hydrogen (secondary N) is 1. The first-order chi connectivity index (χ1) is 15.1. The molecular weight excluding hydrogens is 414 g/mol. The average molecular weight is 436 g/mol. The molecule has 31 heavy (non-hydrogen) atoms. The number of nitro benzene ring substituents is 1. The van der Waals surface area contributed by atoms with Gasteiger partial charge in [-0.3, -0.25) is 14.9 Å². The van der Waals surface area contributed by atoms with Gasteiger partial charge in [-0.2, -0.15) is 0 Å². The van der Waals surface area contributed by atoms with Gasteiger partial charge in [-0.15, -0.1) is 16.8 Å². The number of nitro groups is 1. The molecule has 2 aromatic carbocycles. The number of allylic oxidation sites excluding steroid dienone is 1. The van der Waals surface area contributed by atoms with Crippen molar-refractivity contribution < 1.29 is 9.72 Å². The number of rotatable bonds is 9. The molecule has 0 radical (unpaired) electrons. The Morgan fingerprint density at radius 1 is 1.19 bits per heavy atom. The first-order valence-electron chi connectivity index (χ1n) is 9.83. The van der Waals surface area contributed by atoms with E-state index >= 15 is 0 Å². The number of amides is 1. The van der Waals surface area contributed by atoms with Crippen LogP contribution in [0.3, 0.4) is 0 Å². The monoisotopic (exact) mass is 435 g/mol. The molecule has 8 nitrogen and oxygen atoms in total. The fourth-order valence-corrected chi connectivity index (χ4v) is 4.34. The minimum atomic E-state index is -0.519. The third kappa shape index (κ3) is 4.66. The number of anilines is 1. The molecule has 1 heterocycles. The van der Waals surface area contributed by atoms with Crippen molar-refractivity contribution in [3.63, 3.8) is 0 Å². The molecule has 1 aliphatic rings. The Hall–Kier alpha value is -3.46. The summed E-state index contributed by atoms with van der Waals surface area (Å²) in [5.74, 6) is 1.34. The van der Waals surface area contributed by atoms with Crippen LogP contribution in [0.5, 0.6) is 0 Å². The van der Waals surface area contributed by atoms with Crippen LogP contribution in [0.4, 0.5) is 11.4 Å². The van der Waals surface area contributed by atoms with E-state index in [1.165, 1.54) is 29.5 Å². The Morgan fingerprint density at radius 3 is 2.68 bits per heavy atom. The van der Waals surface area contributed by atoms with Crippen LogP contribution in [0.1, 0.15) is 29.6 Å². The molecule has 1 amide bonds. The zero-order valence-electron chi connectivity index (χ0n) is 16.7. The highest BCUT2D eigenvalue weighted by atomic mass is 32.2. The molecule has 2 atom stereocenters. The third-order valence-electron chi connectivity index (χ3n) is 5.11.